The van der Waals surface area contributed by atoms with Gasteiger partial charge in [-0.25, -0.2) is 4.79 Å². The first-order chi connectivity index (χ1) is 9.70. The summed E-state index contributed by atoms with van der Waals surface area (Å²) in [6, 6.07) is 3.77. The van der Waals surface area contributed by atoms with Gasteiger partial charge in [0.1, 0.15) is 0 Å². The molecule has 0 aliphatic heterocycles. The van der Waals surface area contributed by atoms with Gasteiger partial charge in [-0.1, -0.05) is 6.07 Å². The third-order valence-electron chi connectivity index (χ3n) is 2.28. The van der Waals surface area contributed by atoms with E-state index in [-0.39, 0.29) is 13.2 Å². The van der Waals surface area contributed by atoms with Crippen molar-refractivity contribution in [2.45, 2.75) is 13.3 Å². The fraction of sp³-hybridized carbons (Fsp3) is 0.333. The summed E-state index contributed by atoms with van der Waals surface area (Å²) in [6.45, 7) is 2.03. The average Bonchev–Trinajstić information content (AvgIpc) is 3.09. The van der Waals surface area contributed by atoms with Crippen molar-refractivity contribution >= 4 is 23.2 Å². The van der Waals surface area contributed by atoms with Crippen molar-refractivity contribution in [2.24, 2.45) is 0 Å². The highest BCUT2D eigenvalue weighted by atomic mass is 32.1. The molecule has 0 fully saturated rings. The van der Waals surface area contributed by atoms with Crippen LogP contribution in [0.4, 0.5) is 0 Å². The van der Waals surface area contributed by atoms with Crippen LogP contribution in [0, 0.1) is 0 Å². The van der Waals surface area contributed by atoms with Crippen molar-refractivity contribution in [3.63, 3.8) is 0 Å². The number of thiophene rings is 1. The highest BCUT2D eigenvalue weighted by Crippen LogP contribution is 2.22. The van der Waals surface area contributed by atoms with Crippen LogP contribution in [0.25, 0.3) is 10.8 Å². The van der Waals surface area contributed by atoms with E-state index in [0.29, 0.717) is 18.2 Å². The molecule has 0 aliphatic rings. The molecule has 0 aromatic carbocycles. The minimum Gasteiger partial charge on any atom is -0.459 e. The summed E-state index contributed by atoms with van der Waals surface area (Å²) in [5, 5.41) is 12.1. The third-order valence-corrected chi connectivity index (χ3v) is 3.14. The number of esters is 1. The smallest absolute Gasteiger partial charge is 0.396 e. The minimum atomic E-state index is -0.891. The van der Waals surface area contributed by atoms with E-state index in [9.17, 15) is 9.59 Å². The van der Waals surface area contributed by atoms with E-state index >= 15 is 0 Å². The van der Waals surface area contributed by atoms with Crippen LogP contribution in [0.15, 0.2) is 21.9 Å². The Labute approximate surface area is 119 Å². The fourth-order valence-electron chi connectivity index (χ4n) is 1.41. The molecule has 2 aromatic heterocycles. The zero-order chi connectivity index (χ0) is 14.4. The number of hydrogen-bond acceptors (Lipinski definition) is 7. The summed E-state index contributed by atoms with van der Waals surface area (Å²) in [6.07, 6.45) is 0.351. The molecule has 2 aromatic rings. The fourth-order valence-corrected chi connectivity index (χ4v) is 2.05. The minimum absolute atomic E-state index is 0.167. The summed E-state index contributed by atoms with van der Waals surface area (Å²) in [5.74, 6) is -0.813. The first-order valence-electron chi connectivity index (χ1n) is 6.02. The molecule has 0 atom stereocenters. The lowest BCUT2D eigenvalue weighted by Crippen LogP contribution is -2.33. The van der Waals surface area contributed by atoms with Gasteiger partial charge in [-0.3, -0.25) is 4.79 Å². The van der Waals surface area contributed by atoms with Gasteiger partial charge >= 0.3 is 11.9 Å². The molecule has 0 unspecified atom stereocenters. The predicted octanol–water partition coefficient (Wildman–Crippen LogP) is 1.02. The topological polar surface area (TPSA) is 94.3 Å². The Kier molecular flexibility index (Phi) is 4.83. The van der Waals surface area contributed by atoms with Gasteiger partial charge in [0.2, 0.25) is 5.89 Å². The molecule has 0 saturated carbocycles. The van der Waals surface area contributed by atoms with E-state index in [1.807, 2.05) is 17.5 Å². The summed E-state index contributed by atoms with van der Waals surface area (Å²) in [5.41, 5.74) is 0. The molecule has 7 nitrogen and oxygen atoms in total. The second-order valence-corrected chi connectivity index (χ2v) is 4.65. The quantitative estimate of drug-likeness (QED) is 0.653. The number of rotatable bonds is 5. The Hall–Kier alpha value is -2.22. The number of aromatic nitrogens is 2. The maximum Gasteiger partial charge on any atom is 0.396 e. The molecule has 2 heterocycles. The Morgan fingerprint density at radius 3 is 3.00 bits per heavy atom. The van der Waals surface area contributed by atoms with Gasteiger partial charge in [-0.05, 0) is 18.4 Å². The van der Waals surface area contributed by atoms with Crippen LogP contribution in [-0.2, 0) is 20.7 Å². The molecule has 106 valence electrons. The second-order valence-electron chi connectivity index (χ2n) is 3.70. The number of ether oxygens (including phenoxy) is 1. The lowest BCUT2D eigenvalue weighted by Gasteiger charge is -2.02. The highest BCUT2D eigenvalue weighted by Gasteiger charge is 2.14. The Bertz CT molecular complexity index is 579. The average molecular weight is 295 g/mol. The largest absolute Gasteiger partial charge is 0.459 e. The molecule has 2 rings (SSSR count). The number of carbonyl (C=O) groups is 2. The van der Waals surface area contributed by atoms with Crippen LogP contribution in [0.2, 0.25) is 0 Å². The molecule has 20 heavy (non-hydrogen) atoms. The monoisotopic (exact) mass is 295 g/mol. The van der Waals surface area contributed by atoms with E-state index in [1.165, 1.54) is 11.3 Å². The van der Waals surface area contributed by atoms with Crippen molar-refractivity contribution in [1.29, 1.82) is 0 Å². The van der Waals surface area contributed by atoms with Crippen LogP contribution in [0.5, 0.6) is 0 Å². The van der Waals surface area contributed by atoms with Crippen LogP contribution in [0.1, 0.15) is 12.8 Å². The standard InChI is InChI=1S/C12H13N3O4S/c1-2-18-12(17)10(16)13-6-5-9-14-15-11(19-9)8-4-3-7-20-8/h3-4,7H,2,5-6H2,1H3,(H,13,16). The Balaban J connectivity index is 1.80. The number of hydrogen-bond donors (Lipinski definition) is 1. The molecule has 0 radical (unpaired) electrons. The Morgan fingerprint density at radius 1 is 1.45 bits per heavy atom. The molecule has 0 saturated heterocycles. The summed E-state index contributed by atoms with van der Waals surface area (Å²) < 4.78 is 10.00. The summed E-state index contributed by atoms with van der Waals surface area (Å²) >= 11 is 1.50. The molecule has 1 N–H and O–H groups in total. The maximum atomic E-state index is 11.3. The third kappa shape index (κ3) is 3.64. The first kappa shape index (κ1) is 14.2. The van der Waals surface area contributed by atoms with Crippen molar-refractivity contribution in [3.8, 4) is 10.8 Å². The lowest BCUT2D eigenvalue weighted by molar-refractivity contribution is -0.154. The maximum absolute atomic E-state index is 11.3. The summed E-state index contributed by atoms with van der Waals surface area (Å²) in [4.78, 5) is 23.2. The van der Waals surface area contributed by atoms with Crippen LogP contribution in [-0.4, -0.2) is 35.2 Å². The van der Waals surface area contributed by atoms with E-state index < -0.39 is 11.9 Å². The Morgan fingerprint density at radius 2 is 2.30 bits per heavy atom. The number of carbonyl (C=O) groups excluding carboxylic acids is 2. The van der Waals surface area contributed by atoms with Crippen LogP contribution in [0.3, 0.4) is 0 Å². The number of nitrogens with zero attached hydrogens (tertiary/aromatic N) is 2. The molecule has 8 heteroatoms. The molecular weight excluding hydrogens is 282 g/mol. The van der Waals surface area contributed by atoms with Gasteiger partial charge in [-0.2, -0.15) is 0 Å². The second kappa shape index (κ2) is 6.80. The van der Waals surface area contributed by atoms with Gasteiger partial charge in [0.25, 0.3) is 5.89 Å². The number of nitrogens with one attached hydrogen (secondary N) is 1. The first-order valence-corrected chi connectivity index (χ1v) is 6.90. The molecule has 1 amide bonds. The highest BCUT2D eigenvalue weighted by molar-refractivity contribution is 7.13. The van der Waals surface area contributed by atoms with E-state index in [0.717, 1.165) is 4.88 Å². The normalized spacial score (nSPS) is 10.2. The van der Waals surface area contributed by atoms with Crippen LogP contribution < -0.4 is 5.32 Å². The van der Waals surface area contributed by atoms with E-state index in [1.54, 1.807) is 6.92 Å². The van der Waals surface area contributed by atoms with Gasteiger partial charge < -0.3 is 14.5 Å². The van der Waals surface area contributed by atoms with Crippen molar-refractivity contribution in [3.05, 3.63) is 23.4 Å². The van der Waals surface area contributed by atoms with E-state index in [2.05, 4.69) is 20.3 Å². The van der Waals surface area contributed by atoms with Crippen molar-refractivity contribution in [1.82, 2.24) is 15.5 Å². The molecule has 0 bridgehead atoms. The molecule has 0 aliphatic carbocycles. The van der Waals surface area contributed by atoms with Gasteiger partial charge in [-0.15, -0.1) is 21.5 Å². The summed E-state index contributed by atoms with van der Waals surface area (Å²) in [7, 11) is 0. The van der Waals surface area contributed by atoms with E-state index in [4.69, 9.17) is 4.42 Å². The zero-order valence-electron chi connectivity index (χ0n) is 10.8. The zero-order valence-corrected chi connectivity index (χ0v) is 11.6. The van der Waals surface area contributed by atoms with Gasteiger partial charge in [0.05, 0.1) is 11.5 Å². The van der Waals surface area contributed by atoms with Crippen LogP contribution >= 0.6 is 11.3 Å². The van der Waals surface area contributed by atoms with Crippen molar-refractivity contribution < 1.29 is 18.7 Å². The van der Waals surface area contributed by atoms with Gasteiger partial charge in [0, 0.05) is 13.0 Å². The predicted molar refractivity (Wildman–Crippen MR) is 71.0 cm³/mol. The molecular formula is C12H13N3O4S. The van der Waals surface area contributed by atoms with Crippen molar-refractivity contribution in [2.75, 3.05) is 13.2 Å². The SMILES string of the molecule is CCOC(=O)C(=O)NCCc1nnc(-c2cccs2)o1. The van der Waals surface area contributed by atoms with Gasteiger partial charge in [0.15, 0.2) is 0 Å². The number of amides is 1. The molecule has 0 spiro atoms. The lowest BCUT2D eigenvalue weighted by atomic mass is 10.4.